The van der Waals surface area contributed by atoms with Crippen LogP contribution >= 0.6 is 0 Å². The predicted octanol–water partition coefficient (Wildman–Crippen LogP) is 2.69. The molecule has 0 aliphatic heterocycles. The molecule has 1 N–H and O–H groups in total. The molecule has 23 heavy (non-hydrogen) atoms. The van der Waals surface area contributed by atoms with Crippen molar-refractivity contribution < 1.29 is 23.8 Å². The van der Waals surface area contributed by atoms with Gasteiger partial charge >= 0.3 is 5.97 Å². The standard InChI is InChI=1S/C17H19NO5/c1-11(8-12-6-4-5-7-14(12)22-3)18(2)16(19)15-9-13(10-23-15)17(20)21/h4-7,9-11H,8H2,1-3H3,(H,20,21). The number of hydrogen-bond donors (Lipinski definition) is 1. The van der Waals surface area contributed by atoms with Gasteiger partial charge in [0.2, 0.25) is 0 Å². The molecule has 1 aromatic heterocycles. The lowest BCUT2D eigenvalue weighted by Crippen LogP contribution is -2.36. The molecule has 2 aromatic rings. The number of carboxylic acids is 1. The predicted molar refractivity (Wildman–Crippen MR) is 83.9 cm³/mol. The summed E-state index contributed by atoms with van der Waals surface area (Å²) in [7, 11) is 3.26. The van der Waals surface area contributed by atoms with E-state index in [-0.39, 0.29) is 23.3 Å². The Morgan fingerprint density at radius 2 is 2.04 bits per heavy atom. The fraction of sp³-hybridized carbons (Fsp3) is 0.294. The number of amides is 1. The third-order valence-electron chi connectivity index (χ3n) is 3.75. The summed E-state index contributed by atoms with van der Waals surface area (Å²) in [5.41, 5.74) is 0.951. The molecule has 1 atom stereocenters. The highest BCUT2D eigenvalue weighted by atomic mass is 16.5. The molecule has 6 nitrogen and oxygen atoms in total. The van der Waals surface area contributed by atoms with Crippen molar-refractivity contribution in [3.8, 4) is 5.75 Å². The second-order valence-electron chi connectivity index (χ2n) is 5.29. The van der Waals surface area contributed by atoms with Gasteiger partial charge in [-0.05, 0) is 25.0 Å². The number of nitrogens with zero attached hydrogens (tertiary/aromatic N) is 1. The van der Waals surface area contributed by atoms with E-state index in [2.05, 4.69) is 0 Å². The van der Waals surface area contributed by atoms with Crippen LogP contribution in [0, 0.1) is 0 Å². The lowest BCUT2D eigenvalue weighted by Gasteiger charge is -2.24. The van der Waals surface area contributed by atoms with Gasteiger partial charge in [0.15, 0.2) is 5.76 Å². The van der Waals surface area contributed by atoms with Gasteiger partial charge in [0.25, 0.3) is 5.91 Å². The largest absolute Gasteiger partial charge is 0.496 e. The van der Waals surface area contributed by atoms with E-state index in [1.165, 1.54) is 11.0 Å². The number of carboxylic acid groups (broad SMARTS) is 1. The highest BCUT2D eigenvalue weighted by Crippen LogP contribution is 2.21. The second kappa shape index (κ2) is 7.00. The van der Waals surface area contributed by atoms with Gasteiger partial charge in [0, 0.05) is 19.2 Å². The molecule has 0 saturated carbocycles. The Labute approximate surface area is 134 Å². The number of carbonyl (C=O) groups is 2. The van der Waals surface area contributed by atoms with E-state index >= 15 is 0 Å². The van der Waals surface area contributed by atoms with E-state index in [9.17, 15) is 9.59 Å². The molecule has 0 saturated heterocycles. The first-order valence-electron chi connectivity index (χ1n) is 7.15. The molecule has 0 aliphatic rings. The number of rotatable bonds is 6. The van der Waals surface area contributed by atoms with Crippen molar-refractivity contribution in [3.63, 3.8) is 0 Å². The monoisotopic (exact) mass is 317 g/mol. The van der Waals surface area contributed by atoms with E-state index in [1.807, 2.05) is 31.2 Å². The van der Waals surface area contributed by atoms with E-state index in [4.69, 9.17) is 14.3 Å². The van der Waals surface area contributed by atoms with Crippen molar-refractivity contribution in [2.24, 2.45) is 0 Å². The molecule has 1 unspecified atom stereocenters. The zero-order valence-corrected chi connectivity index (χ0v) is 13.3. The van der Waals surface area contributed by atoms with Crippen molar-refractivity contribution >= 4 is 11.9 Å². The lowest BCUT2D eigenvalue weighted by molar-refractivity contribution is 0.0692. The minimum Gasteiger partial charge on any atom is -0.496 e. The van der Waals surface area contributed by atoms with Gasteiger partial charge in [-0.3, -0.25) is 4.79 Å². The molecule has 1 heterocycles. The van der Waals surface area contributed by atoms with E-state index in [0.717, 1.165) is 17.6 Å². The SMILES string of the molecule is COc1ccccc1CC(C)N(C)C(=O)c1cc(C(=O)O)co1. The second-order valence-corrected chi connectivity index (χ2v) is 5.29. The minimum atomic E-state index is -1.13. The summed E-state index contributed by atoms with van der Waals surface area (Å²) in [5, 5.41) is 8.88. The molecule has 0 aliphatic carbocycles. The third kappa shape index (κ3) is 3.71. The van der Waals surface area contributed by atoms with Gasteiger partial charge in [-0.2, -0.15) is 0 Å². The Bertz CT molecular complexity index is 707. The first kappa shape index (κ1) is 16.6. The zero-order valence-electron chi connectivity index (χ0n) is 13.3. The Balaban J connectivity index is 2.10. The molecule has 1 amide bonds. The summed E-state index contributed by atoms with van der Waals surface area (Å²) in [6.45, 7) is 1.91. The van der Waals surface area contributed by atoms with E-state index < -0.39 is 5.97 Å². The molecule has 6 heteroatoms. The third-order valence-corrected chi connectivity index (χ3v) is 3.75. The van der Waals surface area contributed by atoms with E-state index in [0.29, 0.717) is 6.42 Å². The maximum absolute atomic E-state index is 12.4. The van der Waals surface area contributed by atoms with E-state index in [1.54, 1.807) is 14.2 Å². The molecular weight excluding hydrogens is 298 g/mol. The number of para-hydroxylation sites is 1. The quantitative estimate of drug-likeness (QED) is 0.886. The number of methoxy groups -OCH3 is 1. The molecule has 0 spiro atoms. The molecule has 2 rings (SSSR count). The summed E-state index contributed by atoms with van der Waals surface area (Å²) in [5.74, 6) is -0.708. The van der Waals surface area contributed by atoms with Gasteiger partial charge in [0.05, 0.1) is 12.7 Å². The van der Waals surface area contributed by atoms with Crippen molar-refractivity contribution in [3.05, 3.63) is 53.5 Å². The van der Waals surface area contributed by atoms with Crippen LogP contribution in [0.4, 0.5) is 0 Å². The van der Waals surface area contributed by atoms with Gasteiger partial charge in [-0.1, -0.05) is 18.2 Å². The fourth-order valence-electron chi connectivity index (χ4n) is 2.26. The fourth-order valence-corrected chi connectivity index (χ4v) is 2.26. The van der Waals surface area contributed by atoms with Crippen LogP contribution in [0.2, 0.25) is 0 Å². The van der Waals surface area contributed by atoms with Crippen molar-refractivity contribution in [2.45, 2.75) is 19.4 Å². The topological polar surface area (TPSA) is 80.0 Å². The summed E-state index contributed by atoms with van der Waals surface area (Å²) in [4.78, 5) is 24.8. The van der Waals surface area contributed by atoms with Crippen LogP contribution in [0.25, 0.3) is 0 Å². The Hall–Kier alpha value is -2.76. The summed E-state index contributed by atoms with van der Waals surface area (Å²) >= 11 is 0. The average Bonchev–Trinajstić information content (AvgIpc) is 3.04. The Morgan fingerprint density at radius 1 is 1.35 bits per heavy atom. The Kier molecular flexibility index (Phi) is 5.05. The van der Waals surface area contributed by atoms with Crippen molar-refractivity contribution in [2.75, 3.05) is 14.2 Å². The number of carbonyl (C=O) groups excluding carboxylic acids is 1. The molecule has 122 valence electrons. The molecule has 0 radical (unpaired) electrons. The van der Waals surface area contributed by atoms with Gasteiger partial charge in [-0.15, -0.1) is 0 Å². The van der Waals surface area contributed by atoms with Crippen LogP contribution < -0.4 is 4.74 Å². The van der Waals surface area contributed by atoms with Gasteiger partial charge in [0.1, 0.15) is 12.0 Å². The number of aromatic carboxylic acids is 1. The number of furan rings is 1. The first-order chi connectivity index (χ1) is 10.9. The average molecular weight is 317 g/mol. The normalized spacial score (nSPS) is 11.8. The van der Waals surface area contributed by atoms with Crippen LogP contribution in [0.1, 0.15) is 33.4 Å². The van der Waals surface area contributed by atoms with Crippen LogP contribution in [0.5, 0.6) is 5.75 Å². The number of benzene rings is 1. The van der Waals surface area contributed by atoms with Crippen LogP contribution in [0.3, 0.4) is 0 Å². The summed E-state index contributed by atoms with van der Waals surface area (Å²) in [6.07, 6.45) is 1.67. The molecule has 0 fully saturated rings. The number of ether oxygens (including phenoxy) is 1. The minimum absolute atomic E-state index is 0.0109. The van der Waals surface area contributed by atoms with Crippen LogP contribution in [0.15, 0.2) is 41.0 Å². The van der Waals surface area contributed by atoms with Crippen LogP contribution in [-0.4, -0.2) is 42.1 Å². The number of hydrogen-bond acceptors (Lipinski definition) is 4. The Morgan fingerprint density at radius 3 is 2.65 bits per heavy atom. The first-order valence-corrected chi connectivity index (χ1v) is 7.15. The zero-order chi connectivity index (χ0) is 17.0. The highest BCUT2D eigenvalue weighted by Gasteiger charge is 2.22. The van der Waals surface area contributed by atoms with Gasteiger partial charge < -0.3 is 19.2 Å². The highest BCUT2D eigenvalue weighted by molar-refractivity contribution is 5.95. The van der Waals surface area contributed by atoms with Crippen molar-refractivity contribution in [1.82, 2.24) is 4.90 Å². The van der Waals surface area contributed by atoms with Gasteiger partial charge in [-0.25, -0.2) is 4.79 Å². The summed E-state index contributed by atoms with van der Waals surface area (Å²) < 4.78 is 10.4. The summed E-state index contributed by atoms with van der Waals surface area (Å²) in [6, 6.07) is 8.74. The number of likely N-dealkylation sites (N-methyl/N-ethyl adjacent to an activating group) is 1. The molecule has 0 bridgehead atoms. The lowest BCUT2D eigenvalue weighted by atomic mass is 10.0. The molecular formula is C17H19NO5. The molecule has 1 aromatic carbocycles. The maximum atomic E-state index is 12.4. The smallest absolute Gasteiger partial charge is 0.338 e. The maximum Gasteiger partial charge on any atom is 0.338 e. The van der Waals surface area contributed by atoms with Crippen molar-refractivity contribution in [1.29, 1.82) is 0 Å². The van der Waals surface area contributed by atoms with Crippen LogP contribution in [-0.2, 0) is 6.42 Å².